The monoisotopic (exact) mass is 526 g/mol. The number of nitrogens with zero attached hydrogens (tertiary/aromatic N) is 1. The van der Waals surface area contributed by atoms with Crippen LogP contribution in [-0.2, 0) is 19.1 Å². The van der Waals surface area contributed by atoms with Crippen molar-refractivity contribution >= 4 is 41.3 Å². The van der Waals surface area contributed by atoms with Crippen LogP contribution in [0.5, 0.6) is 0 Å². The van der Waals surface area contributed by atoms with Crippen molar-refractivity contribution in [2.45, 2.75) is 43.9 Å². The summed E-state index contributed by atoms with van der Waals surface area (Å²) < 4.78 is 11.3. The van der Waals surface area contributed by atoms with Crippen molar-refractivity contribution in [3.05, 3.63) is 94.7 Å². The van der Waals surface area contributed by atoms with Crippen LogP contribution in [0.4, 0.5) is 4.79 Å². The van der Waals surface area contributed by atoms with Gasteiger partial charge in [0.15, 0.2) is 6.10 Å². The van der Waals surface area contributed by atoms with Gasteiger partial charge in [0, 0.05) is 11.3 Å². The number of hydrogen-bond donors (Lipinski definition) is 1. The molecule has 2 aliphatic rings. The number of carbonyl (C=O) groups excluding carboxylic acids is 3. The largest absolute Gasteiger partial charge is 0.448 e. The van der Waals surface area contributed by atoms with Gasteiger partial charge in [0.05, 0.1) is 0 Å². The Balaban J connectivity index is 1.60. The van der Waals surface area contributed by atoms with Crippen molar-refractivity contribution in [3.8, 4) is 0 Å². The first kappa shape index (κ1) is 25.9. The number of halogens is 1. The van der Waals surface area contributed by atoms with E-state index in [9.17, 15) is 14.4 Å². The number of nitrogens with one attached hydrogen (secondary N) is 1. The van der Waals surface area contributed by atoms with Gasteiger partial charge < -0.3 is 14.8 Å². The van der Waals surface area contributed by atoms with Crippen LogP contribution in [0.15, 0.2) is 83.5 Å². The molecule has 4 rings (SSSR count). The molecule has 2 aromatic carbocycles. The average molecular weight is 527 g/mol. The van der Waals surface area contributed by atoms with Crippen LogP contribution < -0.4 is 5.32 Å². The number of thioether (sulfide) groups is 1. The summed E-state index contributed by atoms with van der Waals surface area (Å²) in [5.74, 6) is -0.649. The number of alkyl carbamates (subject to hydrolysis) is 1. The molecule has 2 unspecified atom stereocenters. The predicted molar refractivity (Wildman–Crippen MR) is 139 cm³/mol. The molecule has 9 heteroatoms. The molecule has 0 bridgehead atoms. The molecule has 2 aromatic rings. The lowest BCUT2D eigenvalue weighted by molar-refractivity contribution is -0.153. The number of fused-ring (bicyclic) bond motifs is 1. The molecule has 1 N–H and O–H groups in total. The van der Waals surface area contributed by atoms with E-state index in [0.717, 1.165) is 11.1 Å². The highest BCUT2D eigenvalue weighted by Crippen LogP contribution is 2.42. The van der Waals surface area contributed by atoms with E-state index in [1.54, 1.807) is 26.8 Å². The Labute approximate surface area is 219 Å². The van der Waals surface area contributed by atoms with Crippen LogP contribution in [0.3, 0.4) is 0 Å². The van der Waals surface area contributed by atoms with E-state index < -0.39 is 41.1 Å². The Bertz CT molecular complexity index is 1150. The second-order valence-electron chi connectivity index (χ2n) is 9.31. The smallest absolute Gasteiger partial charge is 0.408 e. The van der Waals surface area contributed by atoms with Gasteiger partial charge >= 0.3 is 12.1 Å². The molecule has 0 spiro atoms. The van der Waals surface area contributed by atoms with Gasteiger partial charge in [0.25, 0.3) is 5.91 Å². The lowest BCUT2D eigenvalue weighted by atomic mass is 10.0. The Morgan fingerprint density at radius 2 is 1.67 bits per heavy atom. The van der Waals surface area contributed by atoms with Crippen molar-refractivity contribution in [2.75, 3.05) is 5.75 Å². The summed E-state index contributed by atoms with van der Waals surface area (Å²) in [6.45, 7) is 5.23. The van der Waals surface area contributed by atoms with Gasteiger partial charge in [-0.3, -0.25) is 9.69 Å². The molecule has 7 nitrogen and oxygen atoms in total. The van der Waals surface area contributed by atoms with Crippen LogP contribution in [0.2, 0.25) is 0 Å². The quantitative estimate of drug-likeness (QED) is 0.414. The Hall–Kier alpha value is -3.23. The number of hydrogen-bond acceptors (Lipinski definition) is 6. The van der Waals surface area contributed by atoms with E-state index in [1.807, 2.05) is 60.7 Å². The van der Waals surface area contributed by atoms with E-state index in [4.69, 9.17) is 21.1 Å². The van der Waals surface area contributed by atoms with Gasteiger partial charge in [0.2, 0.25) is 0 Å². The number of allylic oxidation sites excluding steroid dienone is 1. The summed E-state index contributed by atoms with van der Waals surface area (Å²) in [5, 5.41) is 2.16. The van der Waals surface area contributed by atoms with E-state index in [1.165, 1.54) is 22.2 Å². The van der Waals surface area contributed by atoms with Crippen LogP contribution in [0, 0.1) is 0 Å². The predicted octanol–water partition coefficient (Wildman–Crippen LogP) is 5.13. The first-order valence-corrected chi connectivity index (χ1v) is 12.9. The molecule has 0 aliphatic carbocycles. The van der Waals surface area contributed by atoms with Crippen molar-refractivity contribution in [1.29, 1.82) is 0 Å². The van der Waals surface area contributed by atoms with Gasteiger partial charge in [-0.05, 0) is 43.5 Å². The maximum atomic E-state index is 13.6. The third kappa shape index (κ3) is 5.60. The van der Waals surface area contributed by atoms with Crippen LogP contribution in [0.1, 0.15) is 38.0 Å². The van der Waals surface area contributed by atoms with E-state index in [0.29, 0.717) is 11.3 Å². The lowest BCUT2D eigenvalue weighted by Gasteiger charge is -2.49. The fraction of sp³-hybridized carbons (Fsp3) is 0.296. The van der Waals surface area contributed by atoms with Crippen molar-refractivity contribution in [2.24, 2.45) is 0 Å². The number of esters is 1. The molecule has 2 aliphatic heterocycles. The Morgan fingerprint density at radius 3 is 2.19 bits per heavy atom. The zero-order chi connectivity index (χ0) is 25.9. The SMILES string of the molecule is CC(C)(C)OC(=O)NC1C(=O)N2C(C(=O)OC(c3ccccc3)c3ccccc3)=C(/C=C/Cl)CSC12. The molecular formula is C27H27ClN2O5S. The van der Waals surface area contributed by atoms with Crippen LogP contribution >= 0.6 is 23.4 Å². The van der Waals surface area contributed by atoms with E-state index >= 15 is 0 Å². The second kappa shape index (κ2) is 10.8. The van der Waals surface area contributed by atoms with Crippen LogP contribution in [-0.4, -0.2) is 45.6 Å². The Morgan fingerprint density at radius 1 is 1.08 bits per heavy atom. The summed E-state index contributed by atoms with van der Waals surface area (Å²) in [5.41, 5.74) is 2.89. The van der Waals surface area contributed by atoms with Crippen molar-refractivity contribution < 1.29 is 23.9 Å². The van der Waals surface area contributed by atoms with Crippen molar-refractivity contribution in [3.63, 3.8) is 0 Å². The molecular weight excluding hydrogens is 500 g/mol. The minimum Gasteiger partial charge on any atom is -0.448 e. The summed E-state index contributed by atoms with van der Waals surface area (Å²) in [6.07, 6.45) is 0.228. The molecule has 2 atom stereocenters. The minimum atomic E-state index is -0.812. The molecule has 1 saturated heterocycles. The third-order valence-electron chi connectivity index (χ3n) is 5.56. The number of β-lactam (4-membered cyclic amide) rings is 1. The number of benzene rings is 2. The van der Waals surface area contributed by atoms with Crippen LogP contribution in [0.25, 0.3) is 0 Å². The molecule has 2 amide bonds. The highest BCUT2D eigenvalue weighted by Gasteiger charge is 2.54. The fourth-order valence-electron chi connectivity index (χ4n) is 4.02. The topological polar surface area (TPSA) is 84.9 Å². The normalized spacial score (nSPS) is 19.7. The van der Waals surface area contributed by atoms with Gasteiger partial charge in [0.1, 0.15) is 22.7 Å². The molecule has 0 aromatic heterocycles. The van der Waals surface area contributed by atoms with Gasteiger partial charge in [-0.1, -0.05) is 72.3 Å². The summed E-state index contributed by atoms with van der Waals surface area (Å²) in [7, 11) is 0. The Kier molecular flexibility index (Phi) is 7.76. The molecule has 0 radical (unpaired) electrons. The second-order valence-corrected chi connectivity index (χ2v) is 10.7. The zero-order valence-electron chi connectivity index (χ0n) is 20.1. The van der Waals surface area contributed by atoms with Gasteiger partial charge in [-0.25, -0.2) is 9.59 Å². The molecule has 36 heavy (non-hydrogen) atoms. The fourth-order valence-corrected chi connectivity index (χ4v) is 5.49. The van der Waals surface area contributed by atoms with Gasteiger partial charge in [-0.15, -0.1) is 11.8 Å². The molecule has 0 saturated carbocycles. The highest BCUT2D eigenvalue weighted by atomic mass is 35.5. The van der Waals surface area contributed by atoms with Crippen molar-refractivity contribution in [1.82, 2.24) is 10.2 Å². The summed E-state index contributed by atoms with van der Waals surface area (Å²) in [6, 6.07) is 18.0. The summed E-state index contributed by atoms with van der Waals surface area (Å²) in [4.78, 5) is 40.4. The highest BCUT2D eigenvalue weighted by molar-refractivity contribution is 8.00. The minimum absolute atomic E-state index is 0.125. The zero-order valence-corrected chi connectivity index (χ0v) is 21.7. The third-order valence-corrected chi connectivity index (χ3v) is 6.99. The number of carbonyl (C=O) groups is 3. The first-order valence-electron chi connectivity index (χ1n) is 11.4. The average Bonchev–Trinajstić information content (AvgIpc) is 2.85. The van der Waals surface area contributed by atoms with E-state index in [2.05, 4.69) is 5.32 Å². The summed E-state index contributed by atoms with van der Waals surface area (Å²) >= 11 is 7.27. The molecule has 2 heterocycles. The van der Waals surface area contributed by atoms with Gasteiger partial charge in [-0.2, -0.15) is 0 Å². The van der Waals surface area contributed by atoms with E-state index in [-0.39, 0.29) is 5.70 Å². The molecule has 1 fully saturated rings. The lowest BCUT2D eigenvalue weighted by Crippen LogP contribution is -2.70. The maximum Gasteiger partial charge on any atom is 0.408 e. The molecule has 188 valence electrons. The number of rotatable bonds is 6. The maximum absolute atomic E-state index is 13.6. The number of amides is 2. The standard InChI is InChI=1S/C27H27ClN2O5S/c1-27(2,3)35-26(33)29-20-23(31)30-21(19(14-15-28)16-36-24(20)30)25(32)34-22(17-10-6-4-7-11-17)18-12-8-5-9-13-18/h4-15,20,22,24H,16H2,1-3H3,(H,29,33)/b15-14+. The number of ether oxygens (including phenoxy) is 2. The first-order chi connectivity index (χ1) is 17.2.